The maximum Gasteiger partial charge on any atom is 0.341 e. The van der Waals surface area contributed by atoms with Crippen molar-refractivity contribution in [1.29, 1.82) is 0 Å². The lowest BCUT2D eigenvalue weighted by molar-refractivity contribution is -0.160. The van der Waals surface area contributed by atoms with E-state index in [4.69, 9.17) is 23.7 Å². The number of hydrogen-bond acceptors (Lipinski definition) is 18. The quantitative estimate of drug-likeness (QED) is 0.0258. The second-order valence-corrected chi connectivity index (χ2v) is 21.7. The number of carbonyl (C=O) groups excluding carboxylic acids is 3. The Hall–Kier alpha value is -7.69. The Balaban J connectivity index is 1.17. The van der Waals surface area contributed by atoms with Gasteiger partial charge in [-0.2, -0.15) is 5.10 Å². The number of aliphatic hydroxyl groups excluding tert-OH is 2. The minimum Gasteiger partial charge on any atom is -0.507 e. The number of amides is 1. The second kappa shape index (κ2) is 22.8. The summed E-state index contributed by atoms with van der Waals surface area (Å²) in [6, 6.07) is 0.498. The molecule has 11 atom stereocenters. The third-order valence-electron chi connectivity index (χ3n) is 16.3. The summed E-state index contributed by atoms with van der Waals surface area (Å²) in [6.07, 6.45) is 7.53. The van der Waals surface area contributed by atoms with Gasteiger partial charge >= 0.3 is 17.7 Å². The molecular weight excluding hydrogens is 1040 g/mol. The Labute approximate surface area is 460 Å². The summed E-state index contributed by atoms with van der Waals surface area (Å²) in [5, 5.41) is 75.5. The average Bonchev–Trinajstić information content (AvgIpc) is 4.19. The van der Waals surface area contributed by atoms with Crippen LogP contribution in [-0.2, 0) is 23.8 Å². The molecule has 430 valence electrons. The van der Waals surface area contributed by atoms with Crippen molar-refractivity contribution in [3.8, 4) is 28.7 Å². The average molecular weight is 1110 g/mol. The number of phenols is 3. The van der Waals surface area contributed by atoms with E-state index in [2.05, 4.69) is 15.8 Å². The Morgan fingerprint density at radius 2 is 1.68 bits per heavy atom. The molecule has 22 heteroatoms. The van der Waals surface area contributed by atoms with Crippen molar-refractivity contribution in [2.45, 2.75) is 124 Å². The summed E-state index contributed by atoms with van der Waals surface area (Å²) in [6.45, 7) is 14.7. The highest BCUT2D eigenvalue weighted by Crippen LogP contribution is 2.55. The van der Waals surface area contributed by atoms with E-state index in [0.717, 1.165) is 31.4 Å². The number of nitrogens with one attached hydrogen (secondary N) is 2. The normalized spacial score (nSPS) is 28.6. The van der Waals surface area contributed by atoms with E-state index in [9.17, 15) is 54.6 Å². The third-order valence-corrected chi connectivity index (χ3v) is 16.3. The maximum atomic E-state index is 16.3. The number of aromatic nitrogens is 1. The van der Waals surface area contributed by atoms with E-state index >= 15 is 4.39 Å². The molecule has 8 N–H and O–H groups in total. The number of fused-ring (bicyclic) bond motifs is 15. The molecule has 5 heterocycles. The first-order valence-corrected chi connectivity index (χ1v) is 26.6. The predicted molar refractivity (Wildman–Crippen MR) is 294 cm³/mol. The number of aromatic hydroxyl groups is 3. The molecule has 5 aliphatic rings. The van der Waals surface area contributed by atoms with Crippen LogP contribution in [0.25, 0.3) is 21.7 Å². The summed E-state index contributed by atoms with van der Waals surface area (Å²) in [5.41, 5.74) is 1.24. The maximum absolute atomic E-state index is 16.3. The number of Topliss-reactive ketones (excluding diaryl/α,β-unsaturated/α-hetero) is 1. The lowest BCUT2D eigenvalue weighted by Crippen LogP contribution is -2.46. The molecule has 1 saturated carbocycles. The summed E-state index contributed by atoms with van der Waals surface area (Å²) >= 11 is 0. The van der Waals surface area contributed by atoms with E-state index in [1.54, 1.807) is 43.2 Å². The lowest BCUT2D eigenvalue weighted by atomic mass is 9.78. The molecule has 9 rings (SSSR count). The van der Waals surface area contributed by atoms with Crippen LogP contribution in [0, 0.1) is 42.3 Å². The number of aromatic carboxylic acids is 1. The molecule has 21 nitrogen and oxygen atoms in total. The molecule has 2 fully saturated rings. The number of hydrogen-bond donors (Lipinski definition) is 8. The van der Waals surface area contributed by atoms with Crippen LogP contribution >= 0.6 is 0 Å². The van der Waals surface area contributed by atoms with Crippen LogP contribution in [0.4, 0.5) is 15.8 Å². The van der Waals surface area contributed by atoms with Gasteiger partial charge in [0.1, 0.15) is 34.6 Å². The molecule has 1 saturated heterocycles. The number of esters is 1. The van der Waals surface area contributed by atoms with Crippen molar-refractivity contribution in [1.82, 2.24) is 9.99 Å². The molecule has 1 aliphatic carbocycles. The molecular formula is C58H70FN5O16. The van der Waals surface area contributed by atoms with Gasteiger partial charge in [0.25, 0.3) is 11.7 Å². The monoisotopic (exact) mass is 1110 g/mol. The van der Waals surface area contributed by atoms with Gasteiger partial charge in [0.05, 0.1) is 71.0 Å². The number of pyridine rings is 1. The zero-order valence-corrected chi connectivity index (χ0v) is 46.5. The predicted octanol–water partition coefficient (Wildman–Crippen LogP) is 7.09. The van der Waals surface area contributed by atoms with Gasteiger partial charge in [0.2, 0.25) is 5.43 Å². The molecule has 0 radical (unpaired) electrons. The number of rotatable bonds is 10. The van der Waals surface area contributed by atoms with E-state index in [1.165, 1.54) is 66.3 Å². The number of hydrazone groups is 1. The molecule has 3 aromatic carbocycles. The van der Waals surface area contributed by atoms with Crippen LogP contribution in [0.2, 0.25) is 0 Å². The third kappa shape index (κ3) is 10.6. The Bertz CT molecular complexity index is 3350. The number of aliphatic hydroxyl groups is 2. The van der Waals surface area contributed by atoms with E-state index in [1.807, 2.05) is 6.92 Å². The Kier molecular flexibility index (Phi) is 16.7. The molecule has 5 bridgehead atoms. The van der Waals surface area contributed by atoms with Gasteiger partial charge in [0, 0.05) is 92.5 Å². The smallest absolute Gasteiger partial charge is 0.341 e. The highest BCUT2D eigenvalue weighted by molar-refractivity contribution is 6.24. The number of anilines is 2. The number of benzene rings is 3. The first-order chi connectivity index (χ1) is 37.8. The molecule has 0 spiro atoms. The zero-order valence-electron chi connectivity index (χ0n) is 46.5. The van der Waals surface area contributed by atoms with Crippen molar-refractivity contribution in [2.24, 2.45) is 34.7 Å². The van der Waals surface area contributed by atoms with E-state index in [-0.39, 0.29) is 68.7 Å². The van der Waals surface area contributed by atoms with Gasteiger partial charge in [-0.1, -0.05) is 45.9 Å². The summed E-state index contributed by atoms with van der Waals surface area (Å²) in [7, 11) is 2.77. The number of nitrogens with zero attached hydrogens (tertiary/aromatic N) is 3. The first kappa shape index (κ1) is 58.5. The second-order valence-electron chi connectivity index (χ2n) is 21.7. The minimum atomic E-state index is -2.15. The first-order valence-electron chi connectivity index (χ1n) is 26.6. The standard InChI is InChI=1S/C58H70FN5O16/c1-25-13-12-14-26(2)56(73)61-43-36(22-60-62-31(7)33-17-19-63(23-33)45-38(59)21-35-44(54(45)77-11)64(34-15-16-34)24-37(49(35)69)57(74)75)50(70)40-41(51(43)71)48(68)30(6)53-42(40)55(72)58(9,80-53)78-20-18-39(76-10)27(3)52(79-32(8)65)29(5)47(67)28(4)46(25)66/h12-14,18,20-22,24-25,27-29,31,33-34,39,46-47,52,62,66-68,70-71H,15-17,19,23H2,1-11H3,(H,61,73)(H,74,75)/b13-12+,20-18+,26-14-,60-22+/t25-,27-,28-,29-,31?,33?,39+,46-,47+,52-,58+/m1/s1. The van der Waals surface area contributed by atoms with Gasteiger partial charge in [-0.15, -0.1) is 0 Å². The van der Waals surface area contributed by atoms with Crippen LogP contribution in [0.15, 0.2) is 58.3 Å². The Morgan fingerprint density at radius 3 is 2.31 bits per heavy atom. The van der Waals surface area contributed by atoms with Gasteiger partial charge in [-0.3, -0.25) is 19.2 Å². The van der Waals surface area contributed by atoms with Gasteiger partial charge in [0.15, 0.2) is 17.3 Å². The number of halogens is 1. The molecule has 80 heavy (non-hydrogen) atoms. The highest BCUT2D eigenvalue weighted by Gasteiger charge is 2.50. The molecule has 1 amide bonds. The number of carboxylic acids is 1. The minimum absolute atomic E-state index is 0.0187. The summed E-state index contributed by atoms with van der Waals surface area (Å²) < 4.78 is 47.5. The summed E-state index contributed by atoms with van der Waals surface area (Å²) in [4.78, 5) is 68.4. The number of ether oxygens (including phenoxy) is 5. The molecule has 1 aromatic heterocycles. The number of phenolic OH excluding ortho intramolecular Hbond substituents is 3. The number of allylic oxidation sites excluding steroid dienone is 2. The van der Waals surface area contributed by atoms with E-state index in [0.29, 0.717) is 18.5 Å². The van der Waals surface area contributed by atoms with Crippen molar-refractivity contribution in [3.63, 3.8) is 0 Å². The number of carboxylic acid groups (broad SMARTS) is 1. The van der Waals surface area contributed by atoms with Crippen molar-refractivity contribution in [3.05, 3.63) is 86.7 Å². The molecule has 4 aliphatic heterocycles. The van der Waals surface area contributed by atoms with Crippen molar-refractivity contribution in [2.75, 3.05) is 37.5 Å². The van der Waals surface area contributed by atoms with Gasteiger partial charge in [-0.25, -0.2) is 9.18 Å². The highest BCUT2D eigenvalue weighted by atomic mass is 19.1. The van der Waals surface area contributed by atoms with Crippen LogP contribution in [0.1, 0.15) is 113 Å². The number of methoxy groups -OCH3 is 2. The molecule has 2 unspecified atom stereocenters. The topological polar surface area (TPSA) is 297 Å². The van der Waals surface area contributed by atoms with E-state index < -0.39 is 129 Å². The van der Waals surface area contributed by atoms with Crippen LogP contribution < -0.4 is 30.5 Å². The number of carbonyl (C=O) groups is 4. The van der Waals surface area contributed by atoms with Crippen molar-refractivity contribution >= 4 is 62.9 Å². The van der Waals surface area contributed by atoms with Gasteiger partial charge < -0.3 is 74.5 Å². The fourth-order valence-corrected chi connectivity index (χ4v) is 11.3. The largest absolute Gasteiger partial charge is 0.507 e. The molecule has 4 aromatic rings. The SMILES string of the molecule is COc1c(N2CCC(C(C)N/N=C/c3c4c(O)c5c(O)c(C)c6c(c5c3O)C(=O)[C@@](C)(O/C=C/[C@H](OC)[C@@H](C)[C@@H](OC(C)=O)[C@H](C)[C@@H](O)[C@H](C)[C@H](O)[C@H](C)/C=C/C=C(/C)C(=O)N4)O6)C2)c(F)cc2c(=O)c(C(=O)O)cn(C3CC3)c12. The van der Waals surface area contributed by atoms with Crippen molar-refractivity contribution < 1.29 is 77.9 Å². The fraction of sp³-hybridized carbons (Fsp3) is 0.483. The van der Waals surface area contributed by atoms with Crippen LogP contribution in [0.3, 0.4) is 0 Å². The van der Waals surface area contributed by atoms with Crippen LogP contribution in [-0.4, -0.2) is 129 Å². The Morgan fingerprint density at radius 1 is 0.975 bits per heavy atom. The zero-order chi connectivity index (χ0) is 58.6. The van der Waals surface area contributed by atoms with Crippen LogP contribution in [0.5, 0.6) is 28.7 Å². The van der Waals surface area contributed by atoms with Gasteiger partial charge in [-0.05, 0) is 58.1 Å². The summed E-state index contributed by atoms with van der Waals surface area (Å²) in [5.74, 6) is -11.6. The number of ketones is 1. The lowest BCUT2D eigenvalue weighted by Gasteiger charge is -2.38. The fourth-order valence-electron chi connectivity index (χ4n) is 11.3.